The van der Waals surface area contributed by atoms with Gasteiger partial charge in [0.1, 0.15) is 0 Å². The van der Waals surface area contributed by atoms with Crippen LogP contribution < -0.4 is 10.1 Å². The van der Waals surface area contributed by atoms with Crippen molar-refractivity contribution >= 4 is 11.6 Å². The molecule has 0 unspecified atom stereocenters. The van der Waals surface area contributed by atoms with Gasteiger partial charge in [-0.05, 0) is 19.5 Å². The van der Waals surface area contributed by atoms with Crippen LogP contribution in [0.4, 0.5) is 0 Å². The number of aromatic nitrogens is 3. The molecule has 5 nitrogen and oxygen atoms in total. The number of rotatable bonds is 4. The van der Waals surface area contributed by atoms with E-state index in [9.17, 15) is 0 Å². The van der Waals surface area contributed by atoms with E-state index >= 15 is 0 Å². The lowest BCUT2D eigenvalue weighted by molar-refractivity contribution is 0.415. The predicted molar refractivity (Wildman–Crippen MR) is 70.0 cm³/mol. The lowest BCUT2D eigenvalue weighted by Crippen LogP contribution is -2.06. The Morgan fingerprint density at radius 2 is 2.22 bits per heavy atom. The van der Waals surface area contributed by atoms with E-state index in [-0.39, 0.29) is 0 Å². The van der Waals surface area contributed by atoms with Crippen molar-refractivity contribution in [1.29, 1.82) is 0 Å². The Morgan fingerprint density at radius 3 is 2.83 bits per heavy atom. The molecular weight excluding hydrogens is 252 g/mol. The molecule has 0 radical (unpaired) electrons. The van der Waals surface area contributed by atoms with Crippen molar-refractivity contribution in [3.8, 4) is 11.8 Å². The topological polar surface area (TPSA) is 52.0 Å². The van der Waals surface area contributed by atoms with E-state index in [1.54, 1.807) is 10.9 Å². The first-order valence-corrected chi connectivity index (χ1v) is 5.95. The van der Waals surface area contributed by atoms with Gasteiger partial charge in [-0.25, -0.2) is 9.67 Å². The van der Waals surface area contributed by atoms with Crippen molar-refractivity contribution < 1.29 is 4.74 Å². The van der Waals surface area contributed by atoms with Crippen LogP contribution in [0.3, 0.4) is 0 Å². The van der Waals surface area contributed by atoms with Gasteiger partial charge in [0.25, 0.3) is 0 Å². The molecule has 0 spiro atoms. The number of nitrogens with zero attached hydrogens (tertiary/aromatic N) is 3. The highest BCUT2D eigenvalue weighted by molar-refractivity contribution is 6.31. The summed E-state index contributed by atoms with van der Waals surface area (Å²) in [6.45, 7) is 2.58. The van der Waals surface area contributed by atoms with Crippen molar-refractivity contribution in [2.24, 2.45) is 7.05 Å². The minimum Gasteiger partial charge on any atom is -0.421 e. The van der Waals surface area contributed by atoms with Crippen LogP contribution in [-0.2, 0) is 13.6 Å². The second-order valence-corrected chi connectivity index (χ2v) is 4.40. The smallest absolute Gasteiger partial charge is 0.221 e. The van der Waals surface area contributed by atoms with Gasteiger partial charge in [-0.15, -0.1) is 0 Å². The highest BCUT2D eigenvalue weighted by Gasteiger charge is 2.08. The molecule has 0 aromatic carbocycles. The molecule has 0 aliphatic rings. The van der Waals surface area contributed by atoms with Crippen LogP contribution in [0.15, 0.2) is 18.3 Å². The van der Waals surface area contributed by atoms with Gasteiger partial charge in [0, 0.05) is 31.9 Å². The van der Waals surface area contributed by atoms with Crippen LogP contribution in [0.2, 0.25) is 5.02 Å². The number of ether oxygens (including phenoxy) is 1. The first kappa shape index (κ1) is 12.9. The number of hydrogen-bond acceptors (Lipinski definition) is 4. The van der Waals surface area contributed by atoms with E-state index in [2.05, 4.69) is 15.4 Å². The van der Waals surface area contributed by atoms with Crippen molar-refractivity contribution in [1.82, 2.24) is 20.1 Å². The van der Waals surface area contributed by atoms with Gasteiger partial charge in [-0.3, -0.25) is 0 Å². The number of halogens is 1. The lowest BCUT2D eigenvalue weighted by atomic mass is 10.2. The third-order valence-corrected chi connectivity index (χ3v) is 2.79. The summed E-state index contributed by atoms with van der Waals surface area (Å²) in [6, 6.07) is 3.68. The summed E-state index contributed by atoms with van der Waals surface area (Å²) in [7, 11) is 3.69. The molecule has 6 heteroatoms. The molecular formula is C12H15ClN4O. The highest BCUT2D eigenvalue weighted by Crippen LogP contribution is 2.24. The standard InChI is InChI=1S/C12H15ClN4O/c1-8-4-12(17(3)16-8)18-11-5-9(6-14-2)10(13)7-15-11/h4-5,7,14H,6H2,1-3H3. The normalized spacial score (nSPS) is 10.7. The molecule has 0 aliphatic carbocycles. The highest BCUT2D eigenvalue weighted by atomic mass is 35.5. The summed E-state index contributed by atoms with van der Waals surface area (Å²) < 4.78 is 7.34. The van der Waals surface area contributed by atoms with Crippen molar-refractivity contribution in [3.05, 3.63) is 34.6 Å². The van der Waals surface area contributed by atoms with Crippen molar-refractivity contribution in [3.63, 3.8) is 0 Å². The monoisotopic (exact) mass is 266 g/mol. The first-order chi connectivity index (χ1) is 8.60. The summed E-state index contributed by atoms with van der Waals surface area (Å²) in [5.74, 6) is 1.16. The van der Waals surface area contributed by atoms with Crippen LogP contribution >= 0.6 is 11.6 Å². The molecule has 0 saturated heterocycles. The second kappa shape index (κ2) is 5.37. The van der Waals surface area contributed by atoms with E-state index < -0.39 is 0 Å². The van der Waals surface area contributed by atoms with Crippen molar-refractivity contribution in [2.45, 2.75) is 13.5 Å². The predicted octanol–water partition coefficient (Wildman–Crippen LogP) is 2.29. The number of aryl methyl sites for hydroxylation is 2. The molecule has 2 heterocycles. The van der Waals surface area contributed by atoms with E-state index in [1.807, 2.05) is 33.2 Å². The Balaban J connectivity index is 2.24. The largest absolute Gasteiger partial charge is 0.421 e. The summed E-state index contributed by atoms with van der Waals surface area (Å²) in [6.07, 6.45) is 1.59. The van der Waals surface area contributed by atoms with Crippen LogP contribution in [0.1, 0.15) is 11.3 Å². The first-order valence-electron chi connectivity index (χ1n) is 5.57. The zero-order chi connectivity index (χ0) is 13.1. The van der Waals surface area contributed by atoms with E-state index in [0.29, 0.717) is 23.3 Å². The average Bonchev–Trinajstić information content (AvgIpc) is 2.62. The number of hydrogen-bond donors (Lipinski definition) is 1. The SMILES string of the molecule is CNCc1cc(Oc2cc(C)nn2C)ncc1Cl. The van der Waals surface area contributed by atoms with Gasteiger partial charge < -0.3 is 10.1 Å². The molecule has 0 aliphatic heterocycles. The van der Waals surface area contributed by atoms with E-state index in [0.717, 1.165) is 11.3 Å². The van der Waals surface area contributed by atoms with Crippen LogP contribution in [-0.4, -0.2) is 21.8 Å². The third kappa shape index (κ3) is 2.80. The molecule has 0 bridgehead atoms. The Hall–Kier alpha value is -1.59. The minimum atomic E-state index is 0.507. The number of nitrogens with one attached hydrogen (secondary N) is 1. The molecule has 96 valence electrons. The maximum atomic E-state index is 6.04. The summed E-state index contributed by atoms with van der Waals surface area (Å²) >= 11 is 6.04. The zero-order valence-electron chi connectivity index (χ0n) is 10.6. The summed E-state index contributed by atoms with van der Waals surface area (Å²) in [5.41, 5.74) is 1.85. The van der Waals surface area contributed by atoms with Crippen molar-refractivity contribution in [2.75, 3.05) is 7.05 Å². The fourth-order valence-electron chi connectivity index (χ4n) is 1.63. The van der Waals surface area contributed by atoms with Gasteiger partial charge in [0.05, 0.1) is 10.7 Å². The minimum absolute atomic E-state index is 0.507. The van der Waals surface area contributed by atoms with Crippen LogP contribution in [0.25, 0.3) is 0 Å². The van der Waals surface area contributed by atoms with Crippen LogP contribution in [0, 0.1) is 6.92 Å². The van der Waals surface area contributed by atoms with Crippen LogP contribution in [0.5, 0.6) is 11.8 Å². The molecule has 0 atom stereocenters. The Morgan fingerprint density at radius 1 is 1.44 bits per heavy atom. The summed E-state index contributed by atoms with van der Waals surface area (Å²) in [4.78, 5) is 4.14. The van der Waals surface area contributed by atoms with Gasteiger partial charge >= 0.3 is 0 Å². The van der Waals surface area contributed by atoms with Gasteiger partial charge in [-0.2, -0.15) is 5.10 Å². The number of pyridine rings is 1. The van der Waals surface area contributed by atoms with Gasteiger partial charge in [0.15, 0.2) is 0 Å². The maximum Gasteiger partial charge on any atom is 0.221 e. The molecule has 18 heavy (non-hydrogen) atoms. The Kier molecular flexibility index (Phi) is 3.84. The third-order valence-electron chi connectivity index (χ3n) is 2.45. The Labute approximate surface area is 111 Å². The molecule has 0 amide bonds. The van der Waals surface area contributed by atoms with Gasteiger partial charge in [-0.1, -0.05) is 11.6 Å². The fourth-order valence-corrected chi connectivity index (χ4v) is 1.80. The molecule has 1 N–H and O–H groups in total. The molecule has 0 fully saturated rings. The fraction of sp³-hybridized carbons (Fsp3) is 0.333. The van der Waals surface area contributed by atoms with E-state index in [4.69, 9.17) is 16.3 Å². The van der Waals surface area contributed by atoms with Gasteiger partial charge in [0.2, 0.25) is 11.8 Å². The molecule has 2 aromatic heterocycles. The maximum absolute atomic E-state index is 6.04. The van der Waals surface area contributed by atoms with E-state index in [1.165, 1.54) is 0 Å². The summed E-state index contributed by atoms with van der Waals surface area (Å²) in [5, 5.41) is 7.88. The Bertz CT molecular complexity index is 553. The molecule has 0 saturated carbocycles. The molecule has 2 aromatic rings. The quantitative estimate of drug-likeness (QED) is 0.923. The second-order valence-electron chi connectivity index (χ2n) is 3.99. The zero-order valence-corrected chi connectivity index (χ0v) is 11.3. The molecule has 2 rings (SSSR count). The average molecular weight is 267 g/mol. The lowest BCUT2D eigenvalue weighted by Gasteiger charge is -2.07.